The first-order chi connectivity index (χ1) is 11.8. The Hall–Kier alpha value is -2.38. The zero-order chi connectivity index (χ0) is 18.4. The van der Waals surface area contributed by atoms with Crippen molar-refractivity contribution >= 4 is 21.7 Å². The van der Waals surface area contributed by atoms with Crippen LogP contribution >= 0.6 is 0 Å². The third-order valence-corrected chi connectivity index (χ3v) is 5.38. The predicted molar refractivity (Wildman–Crippen MR) is 97.3 cm³/mol. The smallest absolute Gasteiger partial charge is 0.337 e. The average Bonchev–Trinajstić information content (AvgIpc) is 2.65. The lowest BCUT2D eigenvalue weighted by atomic mass is 10.2. The van der Waals surface area contributed by atoms with E-state index in [0.717, 1.165) is 5.69 Å². The molecule has 0 amide bonds. The predicted octanol–water partition coefficient (Wildman–Crippen LogP) is 2.28. The summed E-state index contributed by atoms with van der Waals surface area (Å²) in [4.78, 5) is 13.6. The van der Waals surface area contributed by atoms with Gasteiger partial charge in [-0.2, -0.15) is 0 Å². The number of benzene rings is 2. The molecule has 134 valence electrons. The Morgan fingerprint density at radius 1 is 1.16 bits per heavy atom. The molecule has 0 saturated heterocycles. The van der Waals surface area contributed by atoms with Gasteiger partial charge >= 0.3 is 5.97 Å². The Morgan fingerprint density at radius 3 is 2.48 bits per heavy atom. The van der Waals surface area contributed by atoms with E-state index in [0.29, 0.717) is 0 Å². The maximum atomic E-state index is 12.5. The first-order valence-corrected chi connectivity index (χ1v) is 9.29. The number of para-hydroxylation sites is 1. The maximum Gasteiger partial charge on any atom is 0.337 e. The van der Waals surface area contributed by atoms with E-state index in [9.17, 15) is 13.2 Å². The molecule has 0 heterocycles. The van der Waals surface area contributed by atoms with Gasteiger partial charge < -0.3 is 9.64 Å². The van der Waals surface area contributed by atoms with E-state index in [-0.39, 0.29) is 23.0 Å². The van der Waals surface area contributed by atoms with Crippen LogP contribution in [0.15, 0.2) is 59.5 Å². The summed E-state index contributed by atoms with van der Waals surface area (Å²) in [7, 11) is -0.558. The van der Waals surface area contributed by atoms with E-state index in [1.54, 1.807) is 0 Å². The molecule has 0 saturated carbocycles. The quantitative estimate of drug-likeness (QED) is 0.765. The summed E-state index contributed by atoms with van der Waals surface area (Å²) >= 11 is 0. The lowest BCUT2D eigenvalue weighted by Crippen LogP contribution is -2.40. The monoisotopic (exact) mass is 362 g/mol. The third-order valence-electron chi connectivity index (χ3n) is 3.96. The summed E-state index contributed by atoms with van der Waals surface area (Å²) in [5.41, 5.74) is 1.20. The number of hydrogen-bond acceptors (Lipinski definition) is 5. The Balaban J connectivity index is 2.07. The van der Waals surface area contributed by atoms with Gasteiger partial charge in [0.05, 0.1) is 17.6 Å². The van der Waals surface area contributed by atoms with Crippen molar-refractivity contribution in [2.45, 2.75) is 17.9 Å². The number of likely N-dealkylation sites (N-methyl/N-ethyl adjacent to an activating group) is 1. The number of nitrogens with zero attached hydrogens (tertiary/aromatic N) is 1. The molecule has 1 N–H and O–H groups in total. The zero-order valence-electron chi connectivity index (χ0n) is 14.5. The summed E-state index contributed by atoms with van der Waals surface area (Å²) < 4.78 is 32.2. The molecule has 0 fully saturated rings. The van der Waals surface area contributed by atoms with Crippen molar-refractivity contribution in [2.24, 2.45) is 0 Å². The highest BCUT2D eigenvalue weighted by molar-refractivity contribution is 7.89. The molecule has 1 atom stereocenters. The normalized spacial score (nSPS) is 12.4. The van der Waals surface area contributed by atoms with Gasteiger partial charge in [0.25, 0.3) is 0 Å². The second-order valence-electron chi connectivity index (χ2n) is 5.67. The van der Waals surface area contributed by atoms with Crippen LogP contribution in [-0.4, -0.2) is 41.1 Å². The molecule has 6 nitrogen and oxygen atoms in total. The van der Waals surface area contributed by atoms with Crippen LogP contribution in [0.3, 0.4) is 0 Å². The Kier molecular flexibility index (Phi) is 6.17. The van der Waals surface area contributed by atoms with Crippen molar-refractivity contribution in [2.75, 3.05) is 25.6 Å². The van der Waals surface area contributed by atoms with Crippen molar-refractivity contribution < 1.29 is 17.9 Å². The second-order valence-corrected chi connectivity index (χ2v) is 7.43. The second kappa shape index (κ2) is 8.13. The average molecular weight is 362 g/mol. The van der Waals surface area contributed by atoms with Crippen molar-refractivity contribution in [1.82, 2.24) is 4.72 Å². The van der Waals surface area contributed by atoms with Crippen LogP contribution in [0, 0.1) is 0 Å². The summed E-state index contributed by atoms with van der Waals surface area (Å²) in [6.07, 6.45) is 0. The number of methoxy groups -OCH3 is 1. The van der Waals surface area contributed by atoms with Gasteiger partial charge in [0.2, 0.25) is 10.0 Å². The lowest BCUT2D eigenvalue weighted by Gasteiger charge is -2.27. The maximum absolute atomic E-state index is 12.5. The van der Waals surface area contributed by atoms with E-state index >= 15 is 0 Å². The third kappa shape index (κ3) is 4.80. The molecule has 0 spiro atoms. The van der Waals surface area contributed by atoms with Crippen LogP contribution in [0.4, 0.5) is 5.69 Å². The van der Waals surface area contributed by atoms with Gasteiger partial charge in [-0.3, -0.25) is 0 Å². The molecule has 2 aromatic rings. The van der Waals surface area contributed by atoms with E-state index < -0.39 is 16.0 Å². The molecule has 1 unspecified atom stereocenters. The Morgan fingerprint density at radius 2 is 1.84 bits per heavy atom. The minimum atomic E-state index is -3.72. The van der Waals surface area contributed by atoms with Gasteiger partial charge in [-0.15, -0.1) is 0 Å². The largest absolute Gasteiger partial charge is 0.465 e. The minimum Gasteiger partial charge on any atom is -0.465 e. The van der Waals surface area contributed by atoms with Gasteiger partial charge in [-0.05, 0) is 37.3 Å². The summed E-state index contributed by atoms with van der Waals surface area (Å²) in [6, 6.07) is 15.4. The van der Waals surface area contributed by atoms with Gasteiger partial charge in [0, 0.05) is 25.3 Å². The number of carbonyl (C=O) groups is 1. The van der Waals surface area contributed by atoms with Gasteiger partial charge in [0.1, 0.15) is 0 Å². The van der Waals surface area contributed by atoms with Crippen LogP contribution < -0.4 is 9.62 Å². The van der Waals surface area contributed by atoms with Gasteiger partial charge in [-0.25, -0.2) is 17.9 Å². The molecule has 0 aromatic heterocycles. The number of esters is 1. The molecule has 0 aliphatic rings. The van der Waals surface area contributed by atoms with Crippen LogP contribution in [0.25, 0.3) is 0 Å². The van der Waals surface area contributed by atoms with Gasteiger partial charge in [-0.1, -0.05) is 24.3 Å². The Labute approximate surface area is 148 Å². The first kappa shape index (κ1) is 19.0. The Bertz CT molecular complexity index is 822. The summed E-state index contributed by atoms with van der Waals surface area (Å²) in [6.45, 7) is 2.16. The van der Waals surface area contributed by atoms with Crippen molar-refractivity contribution in [3.63, 3.8) is 0 Å². The molecule has 7 heteroatoms. The van der Waals surface area contributed by atoms with Crippen LogP contribution in [0.5, 0.6) is 0 Å². The van der Waals surface area contributed by atoms with E-state index in [1.165, 1.54) is 31.4 Å². The van der Waals surface area contributed by atoms with E-state index in [1.807, 2.05) is 49.2 Å². The fraction of sp³-hybridized carbons (Fsp3) is 0.278. The molecule has 0 bridgehead atoms. The van der Waals surface area contributed by atoms with E-state index in [2.05, 4.69) is 9.46 Å². The lowest BCUT2D eigenvalue weighted by molar-refractivity contribution is 0.0600. The van der Waals surface area contributed by atoms with Crippen molar-refractivity contribution in [3.8, 4) is 0 Å². The number of hydrogen-bond donors (Lipinski definition) is 1. The number of carbonyl (C=O) groups excluding carboxylic acids is 1. The highest BCUT2D eigenvalue weighted by Gasteiger charge is 2.19. The standard InChI is InChI=1S/C18H22N2O4S/c1-14(20(2)16-9-5-4-6-10-16)13-19-25(22,23)17-11-7-8-15(12-17)18(21)24-3/h4-12,14,19H,13H2,1-3H3. The number of nitrogens with one attached hydrogen (secondary N) is 1. The number of anilines is 1. The molecule has 2 rings (SSSR count). The zero-order valence-corrected chi connectivity index (χ0v) is 15.3. The van der Waals surface area contributed by atoms with Crippen LogP contribution in [0.1, 0.15) is 17.3 Å². The first-order valence-electron chi connectivity index (χ1n) is 7.81. The molecule has 0 aliphatic heterocycles. The molecule has 0 radical (unpaired) electrons. The number of ether oxygens (including phenoxy) is 1. The molecule has 2 aromatic carbocycles. The molecule has 25 heavy (non-hydrogen) atoms. The summed E-state index contributed by atoms with van der Waals surface area (Å²) in [5, 5.41) is 0. The van der Waals surface area contributed by atoms with Crippen LogP contribution in [0.2, 0.25) is 0 Å². The topological polar surface area (TPSA) is 75.7 Å². The fourth-order valence-electron chi connectivity index (χ4n) is 2.28. The molecular formula is C18H22N2O4S. The highest BCUT2D eigenvalue weighted by Crippen LogP contribution is 2.15. The SMILES string of the molecule is COC(=O)c1cccc(S(=O)(=O)NCC(C)N(C)c2ccccc2)c1. The van der Waals surface area contributed by atoms with E-state index in [4.69, 9.17) is 0 Å². The van der Waals surface area contributed by atoms with Crippen molar-refractivity contribution in [1.29, 1.82) is 0 Å². The number of sulfonamides is 1. The summed E-state index contributed by atoms with van der Waals surface area (Å²) in [5.74, 6) is -0.575. The van der Waals surface area contributed by atoms with Gasteiger partial charge in [0.15, 0.2) is 0 Å². The number of rotatable bonds is 7. The molecule has 0 aliphatic carbocycles. The molecular weight excluding hydrogens is 340 g/mol. The fourth-order valence-corrected chi connectivity index (χ4v) is 3.44. The minimum absolute atomic E-state index is 0.0324. The van der Waals surface area contributed by atoms with Crippen molar-refractivity contribution in [3.05, 3.63) is 60.2 Å². The highest BCUT2D eigenvalue weighted by atomic mass is 32.2. The van der Waals surface area contributed by atoms with Crippen LogP contribution in [-0.2, 0) is 14.8 Å².